The summed E-state index contributed by atoms with van der Waals surface area (Å²) in [5.74, 6) is -1.18. The SMILES string of the molecule is Cc1ccc(F)c(NC(=O)CN(C)S(=O)(=O)N(C)C)c1. The van der Waals surface area contributed by atoms with Crippen LogP contribution in [0.5, 0.6) is 0 Å². The van der Waals surface area contributed by atoms with Crippen LogP contribution in [-0.2, 0) is 15.0 Å². The summed E-state index contributed by atoms with van der Waals surface area (Å²) in [5.41, 5.74) is 0.821. The van der Waals surface area contributed by atoms with Crippen LogP contribution in [0, 0.1) is 12.7 Å². The van der Waals surface area contributed by atoms with Crippen LogP contribution in [0.1, 0.15) is 5.56 Å². The van der Waals surface area contributed by atoms with E-state index in [0.717, 1.165) is 14.2 Å². The van der Waals surface area contributed by atoms with Crippen LogP contribution in [0.3, 0.4) is 0 Å². The van der Waals surface area contributed by atoms with Crippen LogP contribution in [0.25, 0.3) is 0 Å². The number of anilines is 1. The van der Waals surface area contributed by atoms with Crippen LogP contribution in [0.2, 0.25) is 0 Å². The summed E-state index contributed by atoms with van der Waals surface area (Å²) in [5, 5.41) is 2.35. The molecule has 0 aliphatic rings. The number of benzene rings is 1. The second kappa shape index (κ2) is 6.29. The Morgan fingerprint density at radius 1 is 1.30 bits per heavy atom. The van der Waals surface area contributed by atoms with Gasteiger partial charge in [0.1, 0.15) is 5.82 Å². The van der Waals surface area contributed by atoms with E-state index in [-0.39, 0.29) is 5.69 Å². The molecule has 0 aromatic heterocycles. The molecule has 1 N–H and O–H groups in total. The minimum atomic E-state index is -3.67. The molecule has 1 rings (SSSR count). The molecule has 20 heavy (non-hydrogen) atoms. The van der Waals surface area contributed by atoms with Crippen LogP contribution in [0.15, 0.2) is 18.2 Å². The molecule has 6 nitrogen and oxygen atoms in total. The van der Waals surface area contributed by atoms with Gasteiger partial charge in [0, 0.05) is 21.1 Å². The average molecular weight is 303 g/mol. The van der Waals surface area contributed by atoms with Crippen molar-refractivity contribution in [2.75, 3.05) is 33.0 Å². The summed E-state index contributed by atoms with van der Waals surface area (Å²) in [6, 6.07) is 4.30. The molecule has 0 bridgehead atoms. The molecule has 8 heteroatoms. The van der Waals surface area contributed by atoms with Crippen LogP contribution in [0.4, 0.5) is 10.1 Å². The third-order valence-corrected chi connectivity index (χ3v) is 4.46. The predicted octanol–water partition coefficient (Wildman–Crippen LogP) is 0.811. The number of nitrogens with one attached hydrogen (secondary N) is 1. The van der Waals surface area contributed by atoms with Gasteiger partial charge in [0.05, 0.1) is 12.2 Å². The number of nitrogens with zero attached hydrogens (tertiary/aromatic N) is 2. The number of carbonyl (C=O) groups excluding carboxylic acids is 1. The summed E-state index contributed by atoms with van der Waals surface area (Å²) in [7, 11) is 0.339. The van der Waals surface area contributed by atoms with Gasteiger partial charge in [-0.25, -0.2) is 4.39 Å². The molecule has 0 fully saturated rings. The molecule has 0 saturated heterocycles. The molecule has 0 radical (unpaired) electrons. The Kier molecular flexibility index (Phi) is 5.21. The summed E-state index contributed by atoms with van der Waals surface area (Å²) < 4.78 is 38.8. The number of rotatable bonds is 5. The highest BCUT2D eigenvalue weighted by Gasteiger charge is 2.23. The van der Waals surface area contributed by atoms with Gasteiger partial charge in [-0.15, -0.1) is 0 Å². The lowest BCUT2D eigenvalue weighted by Gasteiger charge is -2.20. The molecule has 1 aromatic rings. The van der Waals surface area contributed by atoms with Crippen molar-refractivity contribution >= 4 is 21.8 Å². The van der Waals surface area contributed by atoms with E-state index < -0.39 is 28.5 Å². The molecular weight excluding hydrogens is 285 g/mol. The van der Waals surface area contributed by atoms with Crippen molar-refractivity contribution in [2.45, 2.75) is 6.92 Å². The third-order valence-electron chi connectivity index (χ3n) is 2.62. The zero-order valence-corrected chi connectivity index (χ0v) is 12.7. The first-order chi connectivity index (χ1) is 9.14. The Balaban J connectivity index is 2.76. The molecule has 1 amide bonds. The summed E-state index contributed by atoms with van der Waals surface area (Å²) in [4.78, 5) is 11.8. The van der Waals surface area contributed by atoms with Gasteiger partial charge in [0.15, 0.2) is 0 Å². The summed E-state index contributed by atoms with van der Waals surface area (Å²) in [6.07, 6.45) is 0. The van der Waals surface area contributed by atoms with Gasteiger partial charge >= 0.3 is 0 Å². The van der Waals surface area contributed by atoms with Gasteiger partial charge in [-0.05, 0) is 24.6 Å². The van der Waals surface area contributed by atoms with Gasteiger partial charge in [-0.1, -0.05) is 6.07 Å². The molecule has 0 unspecified atom stereocenters. The number of hydrogen-bond donors (Lipinski definition) is 1. The number of amides is 1. The Morgan fingerprint density at radius 2 is 1.90 bits per heavy atom. The Morgan fingerprint density at radius 3 is 2.45 bits per heavy atom. The second-order valence-electron chi connectivity index (χ2n) is 4.58. The topological polar surface area (TPSA) is 69.7 Å². The molecule has 112 valence electrons. The third kappa shape index (κ3) is 3.99. The predicted molar refractivity (Wildman–Crippen MR) is 75.0 cm³/mol. The van der Waals surface area contributed by atoms with E-state index in [1.807, 2.05) is 0 Å². The quantitative estimate of drug-likeness (QED) is 0.875. The Labute approximate surface area is 118 Å². The van der Waals surface area contributed by atoms with E-state index in [0.29, 0.717) is 0 Å². The van der Waals surface area contributed by atoms with E-state index in [9.17, 15) is 17.6 Å². The molecular formula is C12H18FN3O3S. The van der Waals surface area contributed by atoms with Gasteiger partial charge in [0.25, 0.3) is 10.2 Å². The number of halogens is 1. The summed E-state index contributed by atoms with van der Waals surface area (Å²) >= 11 is 0. The standard InChI is InChI=1S/C12H18FN3O3S/c1-9-5-6-10(13)11(7-9)14-12(17)8-16(4)20(18,19)15(2)3/h5-7H,8H2,1-4H3,(H,14,17). The van der Waals surface area contributed by atoms with E-state index in [2.05, 4.69) is 5.32 Å². The van der Waals surface area contributed by atoms with Crippen LogP contribution >= 0.6 is 0 Å². The Hall–Kier alpha value is -1.51. The maximum atomic E-state index is 13.5. The fourth-order valence-corrected chi connectivity index (χ4v) is 2.33. The van der Waals surface area contributed by atoms with Gasteiger partial charge in [0.2, 0.25) is 5.91 Å². The van der Waals surface area contributed by atoms with Crippen molar-refractivity contribution < 1.29 is 17.6 Å². The van der Waals surface area contributed by atoms with Crippen LogP contribution in [-0.4, -0.2) is 50.6 Å². The second-order valence-corrected chi connectivity index (χ2v) is 6.83. The zero-order chi connectivity index (χ0) is 15.5. The molecule has 0 saturated carbocycles. The van der Waals surface area contributed by atoms with Crippen molar-refractivity contribution in [1.82, 2.24) is 8.61 Å². The van der Waals surface area contributed by atoms with Crippen LogP contribution < -0.4 is 5.32 Å². The molecule has 0 atom stereocenters. The highest BCUT2D eigenvalue weighted by molar-refractivity contribution is 7.86. The van der Waals surface area contributed by atoms with Crippen molar-refractivity contribution in [2.24, 2.45) is 0 Å². The smallest absolute Gasteiger partial charge is 0.281 e. The zero-order valence-electron chi connectivity index (χ0n) is 11.8. The first kappa shape index (κ1) is 16.5. The minimum Gasteiger partial charge on any atom is -0.322 e. The van der Waals surface area contributed by atoms with E-state index >= 15 is 0 Å². The molecule has 0 spiro atoms. The highest BCUT2D eigenvalue weighted by atomic mass is 32.2. The lowest BCUT2D eigenvalue weighted by Crippen LogP contribution is -2.41. The van der Waals surface area contributed by atoms with Gasteiger partial charge < -0.3 is 5.32 Å². The lowest BCUT2D eigenvalue weighted by atomic mass is 10.2. The highest BCUT2D eigenvalue weighted by Crippen LogP contribution is 2.15. The maximum Gasteiger partial charge on any atom is 0.281 e. The van der Waals surface area contributed by atoms with Gasteiger partial charge in [-0.3, -0.25) is 4.79 Å². The summed E-state index contributed by atoms with van der Waals surface area (Å²) in [6.45, 7) is 1.37. The first-order valence-corrected chi connectivity index (χ1v) is 7.24. The lowest BCUT2D eigenvalue weighted by molar-refractivity contribution is -0.116. The fraction of sp³-hybridized carbons (Fsp3) is 0.417. The van der Waals surface area contributed by atoms with Crippen molar-refractivity contribution in [3.05, 3.63) is 29.6 Å². The first-order valence-electron chi connectivity index (χ1n) is 5.84. The number of likely N-dealkylation sites (N-methyl/N-ethyl adjacent to an activating group) is 1. The van der Waals surface area contributed by atoms with Gasteiger partial charge in [-0.2, -0.15) is 17.0 Å². The maximum absolute atomic E-state index is 13.5. The number of hydrogen-bond acceptors (Lipinski definition) is 3. The van der Waals surface area contributed by atoms with Crippen molar-refractivity contribution in [3.8, 4) is 0 Å². The number of aryl methyl sites for hydroxylation is 1. The van der Waals surface area contributed by atoms with E-state index in [1.54, 1.807) is 13.0 Å². The molecule has 0 aliphatic heterocycles. The normalized spacial score (nSPS) is 11.9. The van der Waals surface area contributed by atoms with E-state index in [1.165, 1.54) is 33.3 Å². The number of carbonyl (C=O) groups is 1. The largest absolute Gasteiger partial charge is 0.322 e. The molecule has 0 heterocycles. The molecule has 1 aromatic carbocycles. The minimum absolute atomic E-state index is 0.0330. The van der Waals surface area contributed by atoms with Crippen molar-refractivity contribution in [1.29, 1.82) is 0 Å². The Bertz CT molecular complexity index is 602. The monoisotopic (exact) mass is 303 g/mol. The van der Waals surface area contributed by atoms with E-state index in [4.69, 9.17) is 0 Å². The molecule has 0 aliphatic carbocycles. The average Bonchev–Trinajstić information content (AvgIpc) is 2.33. The fourth-order valence-electron chi connectivity index (χ4n) is 1.49. The van der Waals surface area contributed by atoms with Crippen molar-refractivity contribution in [3.63, 3.8) is 0 Å².